The Balaban J connectivity index is 0.892. The van der Waals surface area contributed by atoms with Crippen LogP contribution < -0.4 is 4.90 Å². The number of rotatable bonds is 4. The van der Waals surface area contributed by atoms with Crippen molar-refractivity contribution in [1.82, 2.24) is 0 Å². The number of hydrogen-bond acceptors (Lipinski definition) is 2. The van der Waals surface area contributed by atoms with Gasteiger partial charge in [-0.3, -0.25) is 0 Å². The minimum absolute atomic E-state index is 0.153. The van der Waals surface area contributed by atoms with Crippen molar-refractivity contribution in [2.75, 3.05) is 4.90 Å². The van der Waals surface area contributed by atoms with Crippen molar-refractivity contribution < 1.29 is 4.42 Å². The molecule has 5 aliphatic rings. The Morgan fingerprint density at radius 2 is 0.763 bits per heavy atom. The molecule has 0 atom stereocenters. The highest BCUT2D eigenvalue weighted by Crippen LogP contribution is 2.60. The summed E-state index contributed by atoms with van der Waals surface area (Å²) in [6, 6.07) is 66.1. The average molecular weight is 982 g/mol. The standard InChI is InChI=1S/C74H63NO/c1-71(2)58-29-14-22-43-20-12-25-50(67(43)58)56-40-62-54(38-64(56)71)48-34-32-45(36-60(48)73(62,5)6)75(66-31-17-28-53-52-27-16-24-47(69(52)76-70(53)66)42-18-10-9-11-19-42)46-33-35-49-55-39-65-57(41-63(55)74(7,8)61(49)37-46)51-26-13-21-44-23-15-30-59(68(44)51)72(65,3)4/h12-17,20-42H,9-11,18-19H2,1-8H3. The maximum atomic E-state index is 7.37. The van der Waals surface area contributed by atoms with Crippen LogP contribution in [0.1, 0.15) is 143 Å². The largest absolute Gasteiger partial charge is 0.454 e. The van der Waals surface area contributed by atoms with Crippen LogP contribution in [0, 0.1) is 0 Å². The Hall–Kier alpha value is -7.68. The molecule has 2 heteroatoms. The van der Waals surface area contributed by atoms with E-state index in [1.807, 2.05) is 0 Å². The van der Waals surface area contributed by atoms with Gasteiger partial charge in [-0.1, -0.05) is 190 Å². The van der Waals surface area contributed by atoms with Crippen molar-refractivity contribution in [3.05, 3.63) is 220 Å². The molecule has 5 aliphatic carbocycles. The zero-order chi connectivity index (χ0) is 51.4. The summed E-state index contributed by atoms with van der Waals surface area (Å²) >= 11 is 0. The number of para-hydroxylation sites is 2. The van der Waals surface area contributed by atoms with Crippen LogP contribution in [0.15, 0.2) is 174 Å². The Labute approximate surface area is 447 Å². The van der Waals surface area contributed by atoms with E-state index in [4.69, 9.17) is 4.42 Å². The molecule has 1 heterocycles. The number of furan rings is 1. The summed E-state index contributed by atoms with van der Waals surface area (Å²) in [4.78, 5) is 2.53. The van der Waals surface area contributed by atoms with E-state index in [1.165, 1.54) is 159 Å². The van der Waals surface area contributed by atoms with Gasteiger partial charge in [-0.15, -0.1) is 0 Å². The quantitative estimate of drug-likeness (QED) is 0.175. The van der Waals surface area contributed by atoms with E-state index in [-0.39, 0.29) is 21.7 Å². The summed E-state index contributed by atoms with van der Waals surface area (Å²) in [5.74, 6) is 0.523. The Bertz CT molecular complexity index is 4170. The monoisotopic (exact) mass is 981 g/mol. The van der Waals surface area contributed by atoms with Crippen LogP contribution in [0.25, 0.3) is 88.0 Å². The average Bonchev–Trinajstić information content (AvgIpc) is 4.20. The molecule has 0 saturated heterocycles. The first-order valence-corrected chi connectivity index (χ1v) is 28.2. The molecule has 1 fully saturated rings. The van der Waals surface area contributed by atoms with Gasteiger partial charge in [0.1, 0.15) is 5.58 Å². The molecule has 0 bridgehead atoms. The molecule has 16 rings (SSSR count). The predicted octanol–water partition coefficient (Wildman–Crippen LogP) is 20.6. The molecule has 0 spiro atoms. The number of fused-ring (bicyclic) bond motifs is 13. The first-order valence-electron chi connectivity index (χ1n) is 28.2. The molecule has 11 aromatic rings. The summed E-state index contributed by atoms with van der Waals surface area (Å²) in [6.07, 6.45) is 6.34. The second kappa shape index (κ2) is 15.0. The van der Waals surface area contributed by atoms with Crippen molar-refractivity contribution in [2.24, 2.45) is 0 Å². The minimum Gasteiger partial charge on any atom is -0.454 e. The first kappa shape index (κ1) is 44.6. The number of nitrogens with zero attached hydrogens (tertiary/aromatic N) is 1. The molecule has 1 aromatic heterocycles. The molecule has 76 heavy (non-hydrogen) atoms. The van der Waals surface area contributed by atoms with Gasteiger partial charge in [0.2, 0.25) is 0 Å². The van der Waals surface area contributed by atoms with Gasteiger partial charge in [0, 0.05) is 43.8 Å². The van der Waals surface area contributed by atoms with Crippen molar-refractivity contribution in [1.29, 1.82) is 0 Å². The number of anilines is 3. The van der Waals surface area contributed by atoms with E-state index in [2.05, 4.69) is 230 Å². The Morgan fingerprint density at radius 1 is 0.355 bits per heavy atom. The molecule has 0 radical (unpaired) electrons. The molecular formula is C74H63NO. The van der Waals surface area contributed by atoms with Gasteiger partial charge in [-0.25, -0.2) is 0 Å². The maximum Gasteiger partial charge on any atom is 0.159 e. The summed E-state index contributed by atoms with van der Waals surface area (Å²) in [5.41, 5.74) is 27.8. The van der Waals surface area contributed by atoms with Crippen LogP contribution >= 0.6 is 0 Å². The van der Waals surface area contributed by atoms with Crippen LogP contribution in [0.5, 0.6) is 0 Å². The van der Waals surface area contributed by atoms with E-state index in [0.29, 0.717) is 5.92 Å². The van der Waals surface area contributed by atoms with Gasteiger partial charge in [-0.05, 0) is 189 Å². The van der Waals surface area contributed by atoms with Gasteiger partial charge in [0.15, 0.2) is 5.58 Å². The SMILES string of the molecule is CC1(C)c2cc(N(c3ccc4c(c3)C(C)(C)c3cc5c(cc3-4)C(C)(C)c3cccc4cccc-5c34)c3cccc4c3oc3c(C5CCCCC5)cccc34)ccc2-c2cc3c(cc21)-c1cccc2cccc(c12)C3(C)C. The number of hydrogen-bond donors (Lipinski definition) is 0. The van der Waals surface area contributed by atoms with E-state index >= 15 is 0 Å². The smallest absolute Gasteiger partial charge is 0.159 e. The number of benzene rings is 10. The molecule has 0 aliphatic heterocycles. The van der Waals surface area contributed by atoms with Crippen molar-refractivity contribution >= 4 is 60.5 Å². The topological polar surface area (TPSA) is 16.4 Å². The van der Waals surface area contributed by atoms with Gasteiger partial charge in [0.05, 0.1) is 5.69 Å². The zero-order valence-electron chi connectivity index (χ0n) is 45.1. The third-order valence-electron chi connectivity index (χ3n) is 20.0. The minimum atomic E-state index is -0.255. The molecule has 0 amide bonds. The lowest BCUT2D eigenvalue weighted by molar-refractivity contribution is 0.442. The van der Waals surface area contributed by atoms with Gasteiger partial charge in [-0.2, -0.15) is 0 Å². The van der Waals surface area contributed by atoms with Crippen molar-refractivity contribution in [3.63, 3.8) is 0 Å². The lowest BCUT2D eigenvalue weighted by Crippen LogP contribution is -2.24. The first-order chi connectivity index (χ1) is 36.7. The third-order valence-corrected chi connectivity index (χ3v) is 20.0. The summed E-state index contributed by atoms with van der Waals surface area (Å²) in [6.45, 7) is 19.5. The fraction of sp³-hybridized carbons (Fsp3) is 0.243. The highest BCUT2D eigenvalue weighted by atomic mass is 16.3. The van der Waals surface area contributed by atoms with Gasteiger partial charge in [0.25, 0.3) is 0 Å². The van der Waals surface area contributed by atoms with Crippen LogP contribution in [0.3, 0.4) is 0 Å². The molecule has 1 saturated carbocycles. The summed E-state index contributed by atoms with van der Waals surface area (Å²) in [5, 5.41) is 7.81. The Kier molecular flexibility index (Phi) is 8.83. The summed E-state index contributed by atoms with van der Waals surface area (Å²) in [7, 11) is 0. The molecule has 0 N–H and O–H groups in total. The van der Waals surface area contributed by atoms with Crippen molar-refractivity contribution in [3.8, 4) is 44.5 Å². The third kappa shape index (κ3) is 5.73. The molecule has 370 valence electrons. The second-order valence-electron chi connectivity index (χ2n) is 25.4. The van der Waals surface area contributed by atoms with Crippen molar-refractivity contribution in [2.45, 2.75) is 115 Å². The van der Waals surface area contributed by atoms with E-state index < -0.39 is 0 Å². The maximum absolute atomic E-state index is 7.37. The van der Waals surface area contributed by atoms with Crippen LogP contribution in [0.4, 0.5) is 17.1 Å². The molecule has 0 unspecified atom stereocenters. The van der Waals surface area contributed by atoms with E-state index in [1.54, 1.807) is 0 Å². The van der Waals surface area contributed by atoms with Crippen LogP contribution in [0.2, 0.25) is 0 Å². The highest BCUT2D eigenvalue weighted by Gasteiger charge is 2.43. The fourth-order valence-electron chi connectivity index (χ4n) is 15.9. The molecule has 2 nitrogen and oxygen atoms in total. The molecule has 10 aromatic carbocycles. The second-order valence-corrected chi connectivity index (χ2v) is 25.4. The summed E-state index contributed by atoms with van der Waals surface area (Å²) < 4.78 is 7.37. The normalized spacial score (nSPS) is 17.6. The Morgan fingerprint density at radius 3 is 1.26 bits per heavy atom. The fourth-order valence-corrected chi connectivity index (χ4v) is 15.9. The van der Waals surface area contributed by atoms with Gasteiger partial charge >= 0.3 is 0 Å². The highest BCUT2D eigenvalue weighted by molar-refractivity contribution is 6.12. The zero-order valence-corrected chi connectivity index (χ0v) is 45.1. The van der Waals surface area contributed by atoms with E-state index in [0.717, 1.165) is 28.2 Å². The lowest BCUT2D eigenvalue weighted by atomic mass is 9.67. The van der Waals surface area contributed by atoms with Crippen LogP contribution in [-0.4, -0.2) is 0 Å². The van der Waals surface area contributed by atoms with Gasteiger partial charge < -0.3 is 9.32 Å². The lowest BCUT2D eigenvalue weighted by Gasteiger charge is -2.36. The van der Waals surface area contributed by atoms with Crippen LogP contribution in [-0.2, 0) is 21.7 Å². The van der Waals surface area contributed by atoms with E-state index in [9.17, 15) is 0 Å². The molecular weight excluding hydrogens is 919 g/mol. The predicted molar refractivity (Wildman–Crippen MR) is 319 cm³/mol.